The molecule has 3 atom stereocenters. The van der Waals surface area contributed by atoms with Crippen LogP contribution in [0.2, 0.25) is 0 Å². The van der Waals surface area contributed by atoms with Crippen LogP contribution in [0.25, 0.3) is 0 Å². The van der Waals surface area contributed by atoms with E-state index in [0.29, 0.717) is 25.2 Å². The summed E-state index contributed by atoms with van der Waals surface area (Å²) in [5.74, 6) is 0.173. The molecule has 0 bridgehead atoms. The number of hydrogen-bond acceptors (Lipinski definition) is 5. The molecule has 0 aromatic carbocycles. The molecular formula is C13H25NO4. The molecule has 2 N–H and O–H groups in total. The van der Waals surface area contributed by atoms with E-state index in [1.165, 1.54) is 0 Å². The molecule has 0 saturated carbocycles. The summed E-state index contributed by atoms with van der Waals surface area (Å²) in [6.07, 6.45) is 1.81. The standard InChI is InChI=1S/C13H25NO4/c1-3-12-10(5-6-18-12)8-14-9-11(15)7-13(16)17-4-2/h10-12,14-15H,3-9H2,1-2H3. The number of nitrogens with one attached hydrogen (secondary N) is 1. The van der Waals surface area contributed by atoms with Gasteiger partial charge in [0.25, 0.3) is 0 Å². The average molecular weight is 259 g/mol. The van der Waals surface area contributed by atoms with Gasteiger partial charge in [0, 0.05) is 19.7 Å². The first-order chi connectivity index (χ1) is 8.67. The number of ether oxygens (including phenoxy) is 2. The van der Waals surface area contributed by atoms with Gasteiger partial charge < -0.3 is 19.9 Å². The zero-order chi connectivity index (χ0) is 13.4. The van der Waals surface area contributed by atoms with Gasteiger partial charge in [-0.1, -0.05) is 6.92 Å². The van der Waals surface area contributed by atoms with Gasteiger partial charge in [-0.2, -0.15) is 0 Å². The van der Waals surface area contributed by atoms with Crippen molar-refractivity contribution in [2.75, 3.05) is 26.3 Å². The van der Waals surface area contributed by atoms with E-state index in [9.17, 15) is 9.90 Å². The highest BCUT2D eigenvalue weighted by Gasteiger charge is 2.26. The number of carbonyl (C=O) groups is 1. The van der Waals surface area contributed by atoms with Gasteiger partial charge in [-0.05, 0) is 25.7 Å². The van der Waals surface area contributed by atoms with E-state index >= 15 is 0 Å². The van der Waals surface area contributed by atoms with Crippen molar-refractivity contribution in [2.24, 2.45) is 5.92 Å². The van der Waals surface area contributed by atoms with Crippen LogP contribution in [0.1, 0.15) is 33.1 Å². The molecule has 1 aliphatic heterocycles. The smallest absolute Gasteiger partial charge is 0.308 e. The van der Waals surface area contributed by atoms with Crippen LogP contribution in [0.3, 0.4) is 0 Å². The van der Waals surface area contributed by atoms with Crippen LogP contribution < -0.4 is 5.32 Å². The molecule has 3 unspecified atom stereocenters. The number of hydrogen-bond donors (Lipinski definition) is 2. The van der Waals surface area contributed by atoms with E-state index in [1.54, 1.807) is 6.92 Å². The van der Waals surface area contributed by atoms with Gasteiger partial charge >= 0.3 is 5.97 Å². The molecule has 1 saturated heterocycles. The summed E-state index contributed by atoms with van der Waals surface area (Å²) >= 11 is 0. The Morgan fingerprint density at radius 1 is 1.56 bits per heavy atom. The third-order valence-corrected chi connectivity index (χ3v) is 3.24. The van der Waals surface area contributed by atoms with E-state index in [4.69, 9.17) is 9.47 Å². The minimum absolute atomic E-state index is 0.0548. The average Bonchev–Trinajstić information content (AvgIpc) is 2.76. The highest BCUT2D eigenvalue weighted by molar-refractivity contribution is 5.69. The number of rotatable bonds is 8. The third-order valence-electron chi connectivity index (χ3n) is 3.24. The molecule has 1 aliphatic rings. The topological polar surface area (TPSA) is 67.8 Å². The number of carbonyl (C=O) groups excluding carboxylic acids is 1. The lowest BCUT2D eigenvalue weighted by Gasteiger charge is -2.18. The largest absolute Gasteiger partial charge is 0.466 e. The maximum Gasteiger partial charge on any atom is 0.308 e. The first-order valence-corrected chi connectivity index (χ1v) is 6.83. The lowest BCUT2D eigenvalue weighted by atomic mass is 9.99. The van der Waals surface area contributed by atoms with Crippen LogP contribution in [0, 0.1) is 5.92 Å². The Labute approximate surface area is 109 Å². The van der Waals surface area contributed by atoms with Crippen molar-refractivity contribution in [3.8, 4) is 0 Å². The molecule has 0 radical (unpaired) electrons. The van der Waals surface area contributed by atoms with Gasteiger partial charge in [0.1, 0.15) is 0 Å². The summed E-state index contributed by atoms with van der Waals surface area (Å²) in [5.41, 5.74) is 0. The van der Waals surface area contributed by atoms with E-state index in [2.05, 4.69) is 12.2 Å². The highest BCUT2D eigenvalue weighted by Crippen LogP contribution is 2.22. The Hall–Kier alpha value is -0.650. The lowest BCUT2D eigenvalue weighted by Crippen LogP contribution is -2.34. The van der Waals surface area contributed by atoms with Crippen LogP contribution in [0.4, 0.5) is 0 Å². The molecule has 5 heteroatoms. The van der Waals surface area contributed by atoms with Gasteiger partial charge in [-0.25, -0.2) is 0 Å². The minimum atomic E-state index is -0.675. The second-order valence-corrected chi connectivity index (χ2v) is 4.69. The zero-order valence-electron chi connectivity index (χ0n) is 11.4. The summed E-state index contributed by atoms with van der Waals surface area (Å²) in [6.45, 7) is 6.32. The van der Waals surface area contributed by atoms with Crippen molar-refractivity contribution in [1.82, 2.24) is 5.32 Å². The first-order valence-electron chi connectivity index (χ1n) is 6.83. The predicted octanol–water partition coefficient (Wildman–Crippen LogP) is 0.705. The zero-order valence-corrected chi connectivity index (χ0v) is 11.4. The summed E-state index contributed by atoms with van der Waals surface area (Å²) in [5, 5.41) is 12.8. The van der Waals surface area contributed by atoms with Gasteiger partial charge in [0.05, 0.1) is 25.2 Å². The normalized spacial score (nSPS) is 25.1. The monoisotopic (exact) mass is 259 g/mol. The molecule has 0 spiro atoms. The summed E-state index contributed by atoms with van der Waals surface area (Å²) in [4.78, 5) is 11.1. The lowest BCUT2D eigenvalue weighted by molar-refractivity contribution is -0.145. The molecule has 0 aromatic rings. The van der Waals surface area contributed by atoms with E-state index in [1.807, 2.05) is 0 Å². The van der Waals surface area contributed by atoms with Crippen LogP contribution in [-0.2, 0) is 14.3 Å². The Balaban J connectivity index is 2.11. The molecule has 0 amide bonds. The van der Waals surface area contributed by atoms with Crippen molar-refractivity contribution in [3.05, 3.63) is 0 Å². The molecule has 5 nitrogen and oxygen atoms in total. The van der Waals surface area contributed by atoms with Gasteiger partial charge in [-0.15, -0.1) is 0 Å². The molecule has 1 fully saturated rings. The maximum absolute atomic E-state index is 11.1. The van der Waals surface area contributed by atoms with E-state index < -0.39 is 6.10 Å². The summed E-state index contributed by atoms with van der Waals surface area (Å²) in [6, 6.07) is 0. The van der Waals surface area contributed by atoms with E-state index in [-0.39, 0.29) is 12.4 Å². The first kappa shape index (κ1) is 15.4. The molecule has 0 aromatic heterocycles. The highest BCUT2D eigenvalue weighted by atomic mass is 16.5. The second-order valence-electron chi connectivity index (χ2n) is 4.69. The van der Waals surface area contributed by atoms with E-state index in [0.717, 1.165) is 26.0 Å². The molecule has 1 rings (SSSR count). The van der Waals surface area contributed by atoms with Gasteiger partial charge in [0.15, 0.2) is 0 Å². The van der Waals surface area contributed by atoms with Crippen molar-refractivity contribution in [1.29, 1.82) is 0 Å². The fraction of sp³-hybridized carbons (Fsp3) is 0.923. The minimum Gasteiger partial charge on any atom is -0.466 e. The maximum atomic E-state index is 11.1. The predicted molar refractivity (Wildman–Crippen MR) is 68.3 cm³/mol. The third kappa shape index (κ3) is 5.33. The molecular weight excluding hydrogens is 234 g/mol. The van der Waals surface area contributed by atoms with Crippen molar-refractivity contribution >= 4 is 5.97 Å². The van der Waals surface area contributed by atoms with Crippen molar-refractivity contribution < 1.29 is 19.4 Å². The van der Waals surface area contributed by atoms with Crippen LogP contribution in [0.15, 0.2) is 0 Å². The Morgan fingerprint density at radius 2 is 2.33 bits per heavy atom. The number of aliphatic hydroxyl groups excluding tert-OH is 1. The van der Waals surface area contributed by atoms with Crippen molar-refractivity contribution in [2.45, 2.75) is 45.3 Å². The Bertz CT molecular complexity index is 247. The SMILES string of the molecule is CCOC(=O)CC(O)CNCC1CCOC1CC. The molecule has 106 valence electrons. The quantitative estimate of drug-likeness (QED) is 0.628. The fourth-order valence-corrected chi connectivity index (χ4v) is 2.30. The molecule has 1 heterocycles. The van der Waals surface area contributed by atoms with Crippen LogP contribution in [-0.4, -0.2) is 49.6 Å². The Morgan fingerprint density at radius 3 is 3.00 bits per heavy atom. The second kappa shape index (κ2) is 8.45. The summed E-state index contributed by atoms with van der Waals surface area (Å²) in [7, 11) is 0. The van der Waals surface area contributed by atoms with Gasteiger partial charge in [0.2, 0.25) is 0 Å². The molecule has 18 heavy (non-hydrogen) atoms. The number of aliphatic hydroxyl groups is 1. The van der Waals surface area contributed by atoms with Gasteiger partial charge in [-0.3, -0.25) is 4.79 Å². The van der Waals surface area contributed by atoms with Crippen LogP contribution >= 0.6 is 0 Å². The fourth-order valence-electron chi connectivity index (χ4n) is 2.30. The summed E-state index contributed by atoms with van der Waals surface area (Å²) < 4.78 is 10.4. The Kier molecular flexibility index (Phi) is 7.23. The number of esters is 1. The van der Waals surface area contributed by atoms with Crippen LogP contribution in [0.5, 0.6) is 0 Å². The van der Waals surface area contributed by atoms with Crippen molar-refractivity contribution in [3.63, 3.8) is 0 Å². The molecule has 0 aliphatic carbocycles.